The number of rotatable bonds is 5. The summed E-state index contributed by atoms with van der Waals surface area (Å²) in [5.74, 6) is -0.725. The lowest BCUT2D eigenvalue weighted by molar-refractivity contribution is -0.137. The predicted octanol–water partition coefficient (Wildman–Crippen LogP) is 4.07. The van der Waals surface area contributed by atoms with Crippen LogP contribution in [0.5, 0.6) is 0 Å². The van der Waals surface area contributed by atoms with Crippen molar-refractivity contribution >= 4 is 5.97 Å². The van der Waals surface area contributed by atoms with Gasteiger partial charge in [-0.2, -0.15) is 0 Å². The quantitative estimate of drug-likeness (QED) is 0.873. The number of hydrogen-bond acceptors (Lipinski definition) is 1. The van der Waals surface area contributed by atoms with Crippen molar-refractivity contribution in [2.24, 2.45) is 0 Å². The van der Waals surface area contributed by atoms with E-state index in [0.717, 1.165) is 6.42 Å². The van der Waals surface area contributed by atoms with Crippen molar-refractivity contribution in [3.8, 4) is 11.1 Å². The molecule has 0 aliphatic rings. The molecular formula is C17H18O2. The van der Waals surface area contributed by atoms with E-state index in [2.05, 4.69) is 43.3 Å². The summed E-state index contributed by atoms with van der Waals surface area (Å²) in [6, 6.07) is 16.7. The van der Waals surface area contributed by atoms with Crippen LogP contribution in [-0.4, -0.2) is 11.1 Å². The third kappa shape index (κ3) is 3.68. The van der Waals surface area contributed by atoms with Crippen molar-refractivity contribution in [1.82, 2.24) is 0 Å². The van der Waals surface area contributed by atoms with Gasteiger partial charge in [0.1, 0.15) is 0 Å². The molecule has 0 unspecified atom stereocenters. The van der Waals surface area contributed by atoms with E-state index in [1.807, 2.05) is 12.1 Å². The van der Waals surface area contributed by atoms with Gasteiger partial charge in [0.05, 0.1) is 0 Å². The Morgan fingerprint density at radius 1 is 1.05 bits per heavy atom. The van der Waals surface area contributed by atoms with Gasteiger partial charge in [-0.15, -0.1) is 0 Å². The maximum Gasteiger partial charge on any atom is 0.303 e. The van der Waals surface area contributed by atoms with Crippen LogP contribution in [0.2, 0.25) is 0 Å². The molecule has 0 atom stereocenters. The fourth-order valence-corrected chi connectivity index (χ4v) is 2.19. The van der Waals surface area contributed by atoms with Crippen molar-refractivity contribution in [2.75, 3.05) is 0 Å². The molecule has 1 N–H and O–H groups in total. The van der Waals surface area contributed by atoms with Crippen LogP contribution < -0.4 is 0 Å². The molecule has 0 aliphatic carbocycles. The van der Waals surface area contributed by atoms with Gasteiger partial charge in [-0.05, 0) is 42.0 Å². The lowest BCUT2D eigenvalue weighted by atomic mass is 9.98. The first-order chi connectivity index (χ1) is 9.16. The Morgan fingerprint density at radius 3 is 2.37 bits per heavy atom. The molecule has 0 amide bonds. The molecule has 98 valence electrons. The smallest absolute Gasteiger partial charge is 0.303 e. The molecule has 0 spiro atoms. The summed E-state index contributed by atoms with van der Waals surface area (Å²) in [4.78, 5) is 10.5. The van der Waals surface area contributed by atoms with E-state index in [4.69, 9.17) is 5.11 Å². The second-order valence-electron chi connectivity index (χ2n) is 4.76. The van der Waals surface area contributed by atoms with Gasteiger partial charge >= 0.3 is 5.97 Å². The molecule has 0 bridgehead atoms. The van der Waals surface area contributed by atoms with Gasteiger partial charge in [0, 0.05) is 6.42 Å². The van der Waals surface area contributed by atoms with E-state index in [1.54, 1.807) is 0 Å². The molecule has 0 radical (unpaired) electrons. The fourth-order valence-electron chi connectivity index (χ4n) is 2.19. The highest BCUT2D eigenvalue weighted by atomic mass is 16.4. The molecule has 2 aromatic carbocycles. The number of aliphatic carboxylic acids is 1. The van der Waals surface area contributed by atoms with Gasteiger partial charge in [-0.25, -0.2) is 0 Å². The van der Waals surface area contributed by atoms with Crippen LogP contribution in [0, 0.1) is 6.92 Å². The van der Waals surface area contributed by atoms with E-state index in [-0.39, 0.29) is 6.42 Å². The van der Waals surface area contributed by atoms with E-state index < -0.39 is 5.97 Å². The molecular weight excluding hydrogens is 236 g/mol. The van der Waals surface area contributed by atoms with E-state index >= 15 is 0 Å². The highest BCUT2D eigenvalue weighted by Gasteiger charge is 2.02. The minimum absolute atomic E-state index is 0.236. The Bertz CT molecular complexity index is 556. The van der Waals surface area contributed by atoms with Crippen molar-refractivity contribution in [3.05, 3.63) is 59.7 Å². The largest absolute Gasteiger partial charge is 0.481 e. The van der Waals surface area contributed by atoms with Crippen LogP contribution in [0.3, 0.4) is 0 Å². The molecule has 2 rings (SSSR count). The minimum atomic E-state index is -0.725. The summed E-state index contributed by atoms with van der Waals surface area (Å²) in [6.07, 6.45) is 1.75. The van der Waals surface area contributed by atoms with Gasteiger partial charge in [0.25, 0.3) is 0 Å². The van der Waals surface area contributed by atoms with Gasteiger partial charge < -0.3 is 5.11 Å². The van der Waals surface area contributed by atoms with Crippen molar-refractivity contribution < 1.29 is 9.90 Å². The number of carboxylic acid groups (broad SMARTS) is 1. The van der Waals surface area contributed by atoms with Crippen molar-refractivity contribution in [3.63, 3.8) is 0 Å². The Hall–Kier alpha value is -2.09. The molecule has 2 aromatic rings. The third-order valence-corrected chi connectivity index (χ3v) is 3.27. The molecule has 0 heterocycles. The highest BCUT2D eigenvalue weighted by molar-refractivity contribution is 5.67. The first kappa shape index (κ1) is 13.3. The number of carboxylic acids is 1. The Kier molecular flexibility index (Phi) is 4.35. The fraction of sp³-hybridized carbons (Fsp3) is 0.235. The van der Waals surface area contributed by atoms with E-state index in [0.29, 0.717) is 6.42 Å². The summed E-state index contributed by atoms with van der Waals surface area (Å²) in [7, 11) is 0. The molecule has 0 saturated heterocycles. The van der Waals surface area contributed by atoms with Crippen molar-refractivity contribution in [2.45, 2.75) is 26.2 Å². The van der Waals surface area contributed by atoms with Gasteiger partial charge in [-0.1, -0.05) is 48.5 Å². The first-order valence-electron chi connectivity index (χ1n) is 6.53. The predicted molar refractivity (Wildman–Crippen MR) is 77.2 cm³/mol. The SMILES string of the molecule is Cc1ccccc1-c1ccc(CCCC(=O)O)cc1. The lowest BCUT2D eigenvalue weighted by Gasteiger charge is -2.07. The summed E-state index contributed by atoms with van der Waals surface area (Å²) in [5.41, 5.74) is 4.92. The third-order valence-electron chi connectivity index (χ3n) is 3.27. The molecule has 0 fully saturated rings. The first-order valence-corrected chi connectivity index (χ1v) is 6.53. The summed E-state index contributed by atoms with van der Waals surface area (Å²) in [5, 5.41) is 8.61. The molecule has 0 saturated carbocycles. The maximum absolute atomic E-state index is 10.5. The average molecular weight is 254 g/mol. The normalized spacial score (nSPS) is 10.4. The average Bonchev–Trinajstić information content (AvgIpc) is 2.40. The minimum Gasteiger partial charge on any atom is -0.481 e. The van der Waals surface area contributed by atoms with Gasteiger partial charge in [-0.3, -0.25) is 4.79 Å². The van der Waals surface area contributed by atoms with E-state index in [9.17, 15) is 4.79 Å². The van der Waals surface area contributed by atoms with Crippen LogP contribution >= 0.6 is 0 Å². The van der Waals surface area contributed by atoms with Crippen LogP contribution in [0.1, 0.15) is 24.0 Å². The zero-order valence-electron chi connectivity index (χ0n) is 11.1. The molecule has 19 heavy (non-hydrogen) atoms. The Morgan fingerprint density at radius 2 is 1.74 bits per heavy atom. The zero-order chi connectivity index (χ0) is 13.7. The van der Waals surface area contributed by atoms with Gasteiger partial charge in [0.2, 0.25) is 0 Å². The Balaban J connectivity index is 2.06. The number of aryl methyl sites for hydroxylation is 2. The standard InChI is InChI=1S/C17H18O2/c1-13-5-2-3-7-16(13)15-11-9-14(10-12-15)6-4-8-17(18)19/h2-3,5,7,9-12H,4,6,8H2,1H3,(H,18,19). The Labute approximate surface area is 113 Å². The number of benzene rings is 2. The molecule has 0 aliphatic heterocycles. The van der Waals surface area contributed by atoms with Crippen LogP contribution in [-0.2, 0) is 11.2 Å². The molecule has 2 nitrogen and oxygen atoms in total. The van der Waals surface area contributed by atoms with Gasteiger partial charge in [0.15, 0.2) is 0 Å². The number of carbonyl (C=O) groups is 1. The lowest BCUT2D eigenvalue weighted by Crippen LogP contribution is -1.95. The van der Waals surface area contributed by atoms with Crippen LogP contribution in [0.4, 0.5) is 0 Å². The monoisotopic (exact) mass is 254 g/mol. The second-order valence-corrected chi connectivity index (χ2v) is 4.76. The molecule has 2 heteroatoms. The van der Waals surface area contributed by atoms with Crippen LogP contribution in [0.15, 0.2) is 48.5 Å². The van der Waals surface area contributed by atoms with E-state index in [1.165, 1.54) is 22.3 Å². The highest BCUT2D eigenvalue weighted by Crippen LogP contribution is 2.23. The summed E-state index contributed by atoms with van der Waals surface area (Å²) < 4.78 is 0. The molecule has 0 aromatic heterocycles. The zero-order valence-corrected chi connectivity index (χ0v) is 11.1. The topological polar surface area (TPSA) is 37.3 Å². The maximum atomic E-state index is 10.5. The van der Waals surface area contributed by atoms with Crippen molar-refractivity contribution in [1.29, 1.82) is 0 Å². The summed E-state index contributed by atoms with van der Waals surface area (Å²) >= 11 is 0. The number of hydrogen-bond donors (Lipinski definition) is 1. The second kappa shape index (κ2) is 6.19. The summed E-state index contributed by atoms with van der Waals surface area (Å²) in [6.45, 7) is 2.11. The van der Waals surface area contributed by atoms with Crippen LogP contribution in [0.25, 0.3) is 11.1 Å².